The molecular weight excluding hydrogens is 662 g/mol. The monoisotopic (exact) mass is 734 g/mol. The van der Waals surface area contributed by atoms with Crippen molar-refractivity contribution in [3.8, 4) is 0 Å². The summed E-state index contributed by atoms with van der Waals surface area (Å²) in [6.07, 6.45) is 15.6. The Hall–Kier alpha value is -2.73. The highest BCUT2D eigenvalue weighted by atomic mass is 16.6. The van der Waals surface area contributed by atoms with Crippen LogP contribution in [0.5, 0.6) is 0 Å². The zero-order valence-corrected chi connectivity index (χ0v) is 32.4. The minimum absolute atomic E-state index is 0.0298. The van der Waals surface area contributed by atoms with Crippen LogP contribution in [0.1, 0.15) is 155 Å². The molecule has 0 aliphatic carbocycles. The van der Waals surface area contributed by atoms with E-state index in [1.54, 1.807) is 4.90 Å². The molecule has 3 amide bonds. The molecular formula is C41H71N3O8. The van der Waals surface area contributed by atoms with Crippen LogP contribution in [-0.4, -0.2) is 87.9 Å². The number of hydrogen-bond donors (Lipinski definition) is 5. The van der Waals surface area contributed by atoms with Crippen LogP contribution in [0.3, 0.4) is 0 Å². The number of ether oxygens (including phenoxy) is 2. The number of nitrogens with zero attached hydrogens (tertiary/aromatic N) is 1. The summed E-state index contributed by atoms with van der Waals surface area (Å²) in [5.41, 5.74) is 0.794. The first-order valence-corrected chi connectivity index (χ1v) is 20.4. The lowest BCUT2D eigenvalue weighted by Gasteiger charge is -2.47. The molecule has 1 fully saturated rings. The number of carbonyl (C=O) groups is 3. The van der Waals surface area contributed by atoms with E-state index < -0.39 is 55.2 Å². The minimum atomic E-state index is -1.53. The lowest BCUT2D eigenvalue weighted by molar-refractivity contribution is -0.231. The molecule has 0 radical (unpaired) electrons. The maximum absolute atomic E-state index is 13.9. The molecule has 0 spiro atoms. The van der Waals surface area contributed by atoms with Crippen molar-refractivity contribution in [2.45, 2.75) is 192 Å². The summed E-state index contributed by atoms with van der Waals surface area (Å²) in [6.45, 7) is 5.72. The van der Waals surface area contributed by atoms with Crippen LogP contribution in [0.15, 0.2) is 30.3 Å². The predicted octanol–water partition coefficient (Wildman–Crippen LogP) is 6.90. The number of aliphatic hydroxyl groups excluding tert-OH is 3. The Morgan fingerprint density at radius 2 is 1.29 bits per heavy atom. The van der Waals surface area contributed by atoms with E-state index in [0.717, 1.165) is 44.1 Å². The maximum atomic E-state index is 13.9. The van der Waals surface area contributed by atoms with E-state index in [0.29, 0.717) is 25.8 Å². The average Bonchev–Trinajstić information content (AvgIpc) is 3.15. The highest BCUT2D eigenvalue weighted by Gasteiger charge is 2.48. The van der Waals surface area contributed by atoms with Crippen molar-refractivity contribution in [2.24, 2.45) is 0 Å². The molecule has 0 aromatic heterocycles. The van der Waals surface area contributed by atoms with Gasteiger partial charge in [0.1, 0.15) is 37.0 Å². The van der Waals surface area contributed by atoms with E-state index in [4.69, 9.17) is 9.47 Å². The predicted molar refractivity (Wildman–Crippen MR) is 204 cm³/mol. The zero-order chi connectivity index (χ0) is 38.0. The Balaban J connectivity index is 2.07. The zero-order valence-electron chi connectivity index (χ0n) is 32.4. The van der Waals surface area contributed by atoms with Gasteiger partial charge in [-0.1, -0.05) is 153 Å². The third-order valence-electron chi connectivity index (χ3n) is 10.0. The second kappa shape index (κ2) is 27.8. The standard InChI is InChI=1S/C41H71N3O8/c1-4-6-8-10-12-14-16-18-20-25-29-44(35(46)28-24-19-17-15-13-11-9-7-5-2)40-36(38(48)37(47)34(30-45)52-40)43-39(49)32(3)42-41(50)51-31-33-26-22-21-23-27-33/h21-23,26-27,32,34,36-38,40,45,47-48H,4-20,24-25,28-31H2,1-3H3,(H,42,50)(H,43,49)/t32-,34-,36-,37-,38-,40-/m1/s1. The van der Waals surface area contributed by atoms with Crippen LogP contribution < -0.4 is 10.6 Å². The van der Waals surface area contributed by atoms with Crippen LogP contribution in [0, 0.1) is 0 Å². The van der Waals surface area contributed by atoms with Gasteiger partial charge in [-0.3, -0.25) is 9.59 Å². The van der Waals surface area contributed by atoms with Gasteiger partial charge in [0.25, 0.3) is 0 Å². The fraction of sp³-hybridized carbons (Fsp3) is 0.780. The number of benzene rings is 1. The average molecular weight is 734 g/mol. The molecule has 0 unspecified atom stereocenters. The molecule has 5 N–H and O–H groups in total. The molecule has 2 rings (SSSR count). The number of nitrogens with one attached hydrogen (secondary N) is 2. The Morgan fingerprint density at radius 1 is 0.769 bits per heavy atom. The van der Waals surface area contributed by atoms with Gasteiger partial charge in [-0.25, -0.2) is 4.79 Å². The van der Waals surface area contributed by atoms with Gasteiger partial charge in [0.05, 0.1) is 6.61 Å². The van der Waals surface area contributed by atoms with E-state index in [1.807, 2.05) is 30.3 Å². The smallest absolute Gasteiger partial charge is 0.408 e. The molecule has 1 aromatic rings. The number of aliphatic hydroxyl groups is 3. The van der Waals surface area contributed by atoms with Gasteiger partial charge < -0.3 is 40.3 Å². The Bertz CT molecular complexity index is 1090. The Morgan fingerprint density at radius 3 is 1.83 bits per heavy atom. The molecule has 1 saturated heterocycles. The summed E-state index contributed by atoms with van der Waals surface area (Å²) in [4.78, 5) is 41.3. The molecule has 0 bridgehead atoms. The maximum Gasteiger partial charge on any atom is 0.408 e. The van der Waals surface area contributed by atoms with Gasteiger partial charge in [0.2, 0.25) is 11.8 Å². The van der Waals surface area contributed by atoms with Crippen LogP contribution >= 0.6 is 0 Å². The van der Waals surface area contributed by atoms with E-state index >= 15 is 0 Å². The third-order valence-corrected chi connectivity index (χ3v) is 10.0. The van der Waals surface area contributed by atoms with E-state index in [-0.39, 0.29) is 12.5 Å². The number of rotatable bonds is 28. The van der Waals surface area contributed by atoms with Gasteiger partial charge in [-0.05, 0) is 25.3 Å². The summed E-state index contributed by atoms with van der Waals surface area (Å²) < 4.78 is 11.4. The second-order valence-electron chi connectivity index (χ2n) is 14.5. The number of unbranched alkanes of at least 4 members (excludes halogenated alkanes) is 17. The first kappa shape index (κ1) is 45.4. The summed E-state index contributed by atoms with van der Waals surface area (Å²) in [5, 5.41) is 37.3. The SMILES string of the molecule is CCCCCCCCCCCCN(C(=O)CCCCCCCCCCC)[C@@H]1O[C@H](CO)[C@@H](O)[C@H](O)[C@H]1NC(=O)[C@@H](C)NC(=O)OCc1ccccc1. The third kappa shape index (κ3) is 17.9. The number of amides is 3. The molecule has 1 aliphatic heterocycles. The Labute approximate surface area is 313 Å². The van der Waals surface area contributed by atoms with Gasteiger partial charge in [0, 0.05) is 13.0 Å². The first-order chi connectivity index (χ1) is 25.2. The van der Waals surface area contributed by atoms with Crippen molar-refractivity contribution in [1.82, 2.24) is 15.5 Å². The topological polar surface area (TPSA) is 158 Å². The fourth-order valence-electron chi connectivity index (χ4n) is 6.71. The van der Waals surface area contributed by atoms with E-state index in [2.05, 4.69) is 24.5 Å². The quantitative estimate of drug-likeness (QED) is 0.0583. The lowest BCUT2D eigenvalue weighted by Crippen LogP contribution is -2.69. The number of alkyl carbamates (subject to hydrolysis) is 1. The van der Waals surface area contributed by atoms with Gasteiger partial charge in [-0.2, -0.15) is 0 Å². The van der Waals surface area contributed by atoms with Crippen molar-refractivity contribution in [3.05, 3.63) is 35.9 Å². The van der Waals surface area contributed by atoms with Gasteiger partial charge >= 0.3 is 6.09 Å². The van der Waals surface area contributed by atoms with Crippen LogP contribution in [0.25, 0.3) is 0 Å². The molecule has 52 heavy (non-hydrogen) atoms. The summed E-state index contributed by atoms with van der Waals surface area (Å²) >= 11 is 0. The molecule has 1 aliphatic rings. The summed E-state index contributed by atoms with van der Waals surface area (Å²) in [6, 6.07) is 6.89. The normalized spacial score (nSPS) is 20.6. The summed E-state index contributed by atoms with van der Waals surface area (Å²) in [5.74, 6) is -0.798. The van der Waals surface area contributed by atoms with Crippen molar-refractivity contribution in [3.63, 3.8) is 0 Å². The van der Waals surface area contributed by atoms with Crippen molar-refractivity contribution in [2.75, 3.05) is 13.2 Å². The highest BCUT2D eigenvalue weighted by molar-refractivity contribution is 5.85. The van der Waals surface area contributed by atoms with Gasteiger partial charge in [-0.15, -0.1) is 0 Å². The van der Waals surface area contributed by atoms with Crippen molar-refractivity contribution in [1.29, 1.82) is 0 Å². The highest BCUT2D eigenvalue weighted by Crippen LogP contribution is 2.26. The largest absolute Gasteiger partial charge is 0.445 e. The van der Waals surface area contributed by atoms with Crippen molar-refractivity contribution < 1.29 is 39.2 Å². The van der Waals surface area contributed by atoms with Crippen LogP contribution in [0.2, 0.25) is 0 Å². The molecule has 11 nitrogen and oxygen atoms in total. The number of hydrogen-bond acceptors (Lipinski definition) is 8. The molecule has 6 atom stereocenters. The molecule has 11 heteroatoms. The first-order valence-electron chi connectivity index (χ1n) is 20.4. The van der Waals surface area contributed by atoms with Crippen molar-refractivity contribution >= 4 is 17.9 Å². The lowest BCUT2D eigenvalue weighted by atomic mass is 9.94. The van der Waals surface area contributed by atoms with E-state index in [9.17, 15) is 29.7 Å². The van der Waals surface area contributed by atoms with Crippen LogP contribution in [-0.2, 0) is 25.7 Å². The molecule has 1 heterocycles. The molecule has 298 valence electrons. The minimum Gasteiger partial charge on any atom is -0.445 e. The molecule has 1 aromatic carbocycles. The number of carbonyl (C=O) groups excluding carboxylic acids is 3. The fourth-order valence-corrected chi connectivity index (χ4v) is 6.71. The van der Waals surface area contributed by atoms with E-state index in [1.165, 1.54) is 77.6 Å². The van der Waals surface area contributed by atoms with Crippen LogP contribution in [0.4, 0.5) is 4.79 Å². The Kier molecular flexibility index (Phi) is 24.3. The van der Waals surface area contributed by atoms with Gasteiger partial charge in [0.15, 0.2) is 6.23 Å². The molecule has 0 saturated carbocycles. The second-order valence-corrected chi connectivity index (χ2v) is 14.5. The summed E-state index contributed by atoms with van der Waals surface area (Å²) in [7, 11) is 0.